The van der Waals surface area contributed by atoms with Crippen molar-refractivity contribution in [2.24, 2.45) is 0 Å². The van der Waals surface area contributed by atoms with E-state index in [2.05, 4.69) is 34.7 Å². The fourth-order valence-corrected chi connectivity index (χ4v) is 6.06. The molecular formula is C40H49N3O8. The summed E-state index contributed by atoms with van der Waals surface area (Å²) in [4.78, 5) is 51.9. The van der Waals surface area contributed by atoms with Crippen LogP contribution in [0.15, 0.2) is 79.4 Å². The van der Waals surface area contributed by atoms with Gasteiger partial charge in [0.15, 0.2) is 0 Å². The Bertz CT molecular complexity index is 1680. The maximum absolute atomic E-state index is 13.7. The van der Waals surface area contributed by atoms with E-state index >= 15 is 0 Å². The first-order valence-corrected chi connectivity index (χ1v) is 17.2. The lowest BCUT2D eigenvalue weighted by Crippen LogP contribution is -2.52. The third kappa shape index (κ3) is 11.1. The second kappa shape index (κ2) is 18.1. The van der Waals surface area contributed by atoms with Crippen molar-refractivity contribution in [3.8, 4) is 16.9 Å². The van der Waals surface area contributed by atoms with E-state index in [-0.39, 0.29) is 25.4 Å². The molecule has 3 amide bonds. The summed E-state index contributed by atoms with van der Waals surface area (Å²) in [6.45, 7) is 11.8. The third-order valence-corrected chi connectivity index (χ3v) is 8.41. The zero-order chi connectivity index (χ0) is 37.0. The summed E-state index contributed by atoms with van der Waals surface area (Å²) in [5.41, 5.74) is 5.64. The van der Waals surface area contributed by atoms with Gasteiger partial charge < -0.3 is 34.9 Å². The highest BCUT2D eigenvalue weighted by atomic mass is 16.6. The number of hydrogen-bond donors (Lipinski definition) is 3. The number of nitrogens with one attached hydrogen (secondary N) is 3. The van der Waals surface area contributed by atoms with Crippen LogP contribution in [0.2, 0.25) is 0 Å². The number of esters is 1. The predicted molar refractivity (Wildman–Crippen MR) is 195 cm³/mol. The molecule has 1 aliphatic carbocycles. The van der Waals surface area contributed by atoms with Gasteiger partial charge in [-0.15, -0.1) is 0 Å². The summed E-state index contributed by atoms with van der Waals surface area (Å²) in [5, 5.41) is 8.20. The van der Waals surface area contributed by atoms with Crippen molar-refractivity contribution >= 4 is 24.1 Å². The Morgan fingerprint density at radius 3 is 2.31 bits per heavy atom. The lowest BCUT2D eigenvalue weighted by atomic mass is 9.94. The van der Waals surface area contributed by atoms with Crippen molar-refractivity contribution in [3.63, 3.8) is 0 Å². The summed E-state index contributed by atoms with van der Waals surface area (Å²) in [6.07, 6.45) is 1.69. The summed E-state index contributed by atoms with van der Waals surface area (Å²) in [6, 6.07) is 19.3. The van der Waals surface area contributed by atoms with Gasteiger partial charge in [0, 0.05) is 18.9 Å². The van der Waals surface area contributed by atoms with Crippen molar-refractivity contribution in [1.29, 1.82) is 0 Å². The van der Waals surface area contributed by atoms with E-state index in [0.717, 1.165) is 33.4 Å². The molecule has 0 saturated carbocycles. The van der Waals surface area contributed by atoms with Gasteiger partial charge in [0.25, 0.3) is 0 Å². The Balaban J connectivity index is 1.43. The molecule has 1 aliphatic rings. The van der Waals surface area contributed by atoms with Crippen LogP contribution in [0.5, 0.6) is 5.75 Å². The highest BCUT2D eigenvalue weighted by molar-refractivity contribution is 5.90. The first kappa shape index (κ1) is 38.5. The Hall–Kier alpha value is -5.32. The van der Waals surface area contributed by atoms with Crippen LogP contribution in [0, 0.1) is 6.92 Å². The average Bonchev–Trinajstić information content (AvgIpc) is 3.42. The van der Waals surface area contributed by atoms with Crippen LogP contribution >= 0.6 is 0 Å². The molecule has 3 aromatic carbocycles. The molecule has 0 aliphatic heterocycles. The minimum Gasteiger partial charge on any atom is -0.490 e. The molecule has 11 nitrogen and oxygen atoms in total. The number of carbonyl (C=O) groups is 4. The minimum atomic E-state index is -1.04. The van der Waals surface area contributed by atoms with Crippen molar-refractivity contribution < 1.29 is 38.1 Å². The molecule has 3 aromatic rings. The molecule has 4 rings (SSSR count). The highest BCUT2D eigenvalue weighted by Gasteiger charge is 2.32. The molecule has 0 spiro atoms. The van der Waals surface area contributed by atoms with Gasteiger partial charge in [-0.25, -0.2) is 14.4 Å². The Morgan fingerprint density at radius 2 is 1.61 bits per heavy atom. The third-order valence-electron chi connectivity index (χ3n) is 8.41. The molecule has 0 saturated heterocycles. The van der Waals surface area contributed by atoms with Gasteiger partial charge in [0.1, 0.15) is 36.6 Å². The summed E-state index contributed by atoms with van der Waals surface area (Å²) in [5.74, 6) is -0.722. The Kier molecular flexibility index (Phi) is 13.6. The van der Waals surface area contributed by atoms with Gasteiger partial charge in [0.2, 0.25) is 5.91 Å². The topological polar surface area (TPSA) is 141 Å². The molecule has 3 N–H and O–H groups in total. The van der Waals surface area contributed by atoms with Crippen molar-refractivity contribution in [2.45, 2.75) is 77.0 Å². The fraction of sp³-hybridized carbons (Fsp3) is 0.400. The van der Waals surface area contributed by atoms with E-state index in [1.54, 1.807) is 51.1 Å². The number of hydrogen-bond acceptors (Lipinski definition) is 8. The number of amides is 3. The molecule has 11 heteroatoms. The van der Waals surface area contributed by atoms with Gasteiger partial charge in [-0.2, -0.15) is 0 Å². The quantitative estimate of drug-likeness (QED) is 0.0679. The number of benzene rings is 3. The number of unbranched alkanes of at least 4 members (excludes halogenated alkanes) is 1. The van der Waals surface area contributed by atoms with E-state index in [4.69, 9.17) is 18.9 Å². The zero-order valence-electron chi connectivity index (χ0n) is 30.1. The van der Waals surface area contributed by atoms with Crippen LogP contribution in [0.25, 0.3) is 11.1 Å². The number of rotatable bonds is 16. The van der Waals surface area contributed by atoms with E-state index in [0.29, 0.717) is 31.7 Å². The van der Waals surface area contributed by atoms with E-state index in [1.165, 1.54) is 7.11 Å². The van der Waals surface area contributed by atoms with Gasteiger partial charge >= 0.3 is 18.2 Å². The smallest absolute Gasteiger partial charge is 0.407 e. The number of ether oxygens (including phenoxy) is 4. The Labute approximate surface area is 300 Å². The van der Waals surface area contributed by atoms with Gasteiger partial charge in [-0.3, -0.25) is 4.79 Å². The highest BCUT2D eigenvalue weighted by Crippen LogP contribution is 2.46. The van der Waals surface area contributed by atoms with Crippen molar-refractivity contribution in [1.82, 2.24) is 16.0 Å². The summed E-state index contributed by atoms with van der Waals surface area (Å²) in [7, 11) is 1.25. The molecule has 0 heterocycles. The minimum absolute atomic E-state index is 0.0755. The largest absolute Gasteiger partial charge is 0.490 e. The SMILES string of the molecule is C=CCOc1ccc(CC(NC(=O)[C@@H](CCCCNC(=O)OC(C)(C)C)NC(=O)OCC2c3ccccc3-c3cccc(C)c32)C(=O)OC)cc1. The van der Waals surface area contributed by atoms with Crippen LogP contribution in [0.3, 0.4) is 0 Å². The van der Waals surface area contributed by atoms with Crippen LogP contribution in [0.1, 0.15) is 68.2 Å². The standard InChI is InChI=1S/C40H49N3O8/c1-7-23-49-28-20-18-27(19-21-28)24-34(37(45)48-6)42-36(44)33(17-10-11-22-41-38(46)51-40(3,4)5)43-39(47)50-25-32-30-15-9-8-14-29(30)31-16-12-13-26(2)35(31)32/h7-9,12-16,18-21,32-34H,1,10-11,17,22-25H2,2-6H3,(H,41,46)(H,42,44)(H,43,47)/t32?,33-,34?/m1/s1. The lowest BCUT2D eigenvalue weighted by Gasteiger charge is -2.23. The number of methoxy groups -OCH3 is 1. The average molecular weight is 700 g/mol. The second-order valence-corrected chi connectivity index (χ2v) is 13.4. The number of aryl methyl sites for hydroxylation is 1. The number of fused-ring (bicyclic) bond motifs is 3. The van der Waals surface area contributed by atoms with Crippen LogP contribution in [-0.2, 0) is 30.2 Å². The molecule has 0 fully saturated rings. The summed E-state index contributed by atoms with van der Waals surface area (Å²) < 4.78 is 21.6. The molecule has 0 aromatic heterocycles. The van der Waals surface area contributed by atoms with Crippen molar-refractivity contribution in [3.05, 3.63) is 102 Å². The fourth-order valence-electron chi connectivity index (χ4n) is 6.06. The summed E-state index contributed by atoms with van der Waals surface area (Å²) >= 11 is 0. The lowest BCUT2D eigenvalue weighted by molar-refractivity contribution is -0.145. The van der Waals surface area contributed by atoms with Crippen LogP contribution < -0.4 is 20.7 Å². The molecular weight excluding hydrogens is 650 g/mol. The molecule has 3 atom stereocenters. The van der Waals surface area contributed by atoms with Gasteiger partial charge in [-0.1, -0.05) is 67.3 Å². The van der Waals surface area contributed by atoms with Gasteiger partial charge in [0.05, 0.1) is 7.11 Å². The van der Waals surface area contributed by atoms with Crippen LogP contribution in [0.4, 0.5) is 9.59 Å². The normalized spacial score (nSPS) is 14.2. The monoisotopic (exact) mass is 699 g/mol. The van der Waals surface area contributed by atoms with E-state index in [9.17, 15) is 19.2 Å². The van der Waals surface area contributed by atoms with Crippen molar-refractivity contribution in [2.75, 3.05) is 26.9 Å². The van der Waals surface area contributed by atoms with E-state index in [1.807, 2.05) is 37.3 Å². The molecule has 51 heavy (non-hydrogen) atoms. The predicted octanol–water partition coefficient (Wildman–Crippen LogP) is 6.36. The molecule has 0 radical (unpaired) electrons. The molecule has 0 bridgehead atoms. The van der Waals surface area contributed by atoms with Crippen LogP contribution in [-0.4, -0.2) is 68.6 Å². The Morgan fingerprint density at radius 1 is 0.882 bits per heavy atom. The number of alkyl carbamates (subject to hydrolysis) is 2. The molecule has 2 unspecified atom stereocenters. The number of carbonyl (C=O) groups excluding carboxylic acids is 4. The molecule has 272 valence electrons. The zero-order valence-corrected chi connectivity index (χ0v) is 30.1. The van der Waals surface area contributed by atoms with E-state index < -0.39 is 41.7 Å². The first-order chi connectivity index (χ1) is 24.4. The first-order valence-electron chi connectivity index (χ1n) is 17.2. The maximum atomic E-state index is 13.7. The second-order valence-electron chi connectivity index (χ2n) is 13.4. The maximum Gasteiger partial charge on any atom is 0.407 e. The van der Waals surface area contributed by atoms with Gasteiger partial charge in [-0.05, 0) is 92.5 Å².